The number of halogens is 1. The summed E-state index contributed by atoms with van der Waals surface area (Å²) in [7, 11) is 0. The number of nitrogens with zero attached hydrogens (tertiary/aromatic N) is 1. The Morgan fingerprint density at radius 1 is 1.52 bits per heavy atom. The van der Waals surface area contributed by atoms with E-state index >= 15 is 0 Å². The Kier molecular flexibility index (Phi) is 5.46. The zero-order chi connectivity index (χ0) is 16.2. The van der Waals surface area contributed by atoms with Crippen LogP contribution in [0.5, 0.6) is 0 Å². The van der Waals surface area contributed by atoms with Crippen LogP contribution in [0.25, 0.3) is 0 Å². The van der Waals surface area contributed by atoms with Crippen LogP contribution in [-0.2, 0) is 11.2 Å². The van der Waals surface area contributed by atoms with Gasteiger partial charge in [-0.25, -0.2) is 4.98 Å². The van der Waals surface area contributed by atoms with Crippen LogP contribution in [0.4, 0.5) is 5.13 Å². The molecular weight excluding hydrogens is 374 g/mol. The summed E-state index contributed by atoms with van der Waals surface area (Å²) in [5.74, 6) is 0.186. The summed E-state index contributed by atoms with van der Waals surface area (Å²) in [6.07, 6.45) is 4.47. The lowest BCUT2D eigenvalue weighted by molar-refractivity contribution is -0.120. The van der Waals surface area contributed by atoms with E-state index in [1.54, 1.807) is 11.3 Å². The average molecular weight is 394 g/mol. The molecule has 2 N–H and O–H groups in total. The fourth-order valence-corrected chi connectivity index (χ4v) is 4.17. The molecule has 0 aliphatic carbocycles. The molecule has 1 fully saturated rings. The second kappa shape index (κ2) is 7.55. The molecule has 2 aromatic rings. The summed E-state index contributed by atoms with van der Waals surface area (Å²) in [6, 6.07) is 8.65. The molecule has 3 rings (SSSR count). The fourth-order valence-electron chi connectivity index (χ4n) is 2.87. The summed E-state index contributed by atoms with van der Waals surface area (Å²) in [4.78, 5) is 17.8. The van der Waals surface area contributed by atoms with Gasteiger partial charge in [0.1, 0.15) is 0 Å². The van der Waals surface area contributed by atoms with Crippen molar-refractivity contribution in [2.24, 2.45) is 5.92 Å². The lowest BCUT2D eigenvalue weighted by Crippen LogP contribution is -2.40. The Morgan fingerprint density at radius 3 is 3.17 bits per heavy atom. The van der Waals surface area contributed by atoms with Crippen molar-refractivity contribution in [3.63, 3.8) is 0 Å². The van der Waals surface area contributed by atoms with Crippen LogP contribution in [0.1, 0.15) is 30.2 Å². The SMILES string of the molecule is C[C@@H]1C[C@H](C(=O)Nc2ncc(Cc3cccc(Br)c3)s2)CCN1. The molecule has 2 heterocycles. The molecule has 0 spiro atoms. The van der Waals surface area contributed by atoms with Gasteiger partial charge in [0.05, 0.1) is 0 Å². The molecular formula is C17H20BrN3OS. The molecule has 0 bridgehead atoms. The van der Waals surface area contributed by atoms with Gasteiger partial charge >= 0.3 is 0 Å². The molecule has 1 amide bonds. The van der Waals surface area contributed by atoms with E-state index < -0.39 is 0 Å². The zero-order valence-corrected chi connectivity index (χ0v) is 15.4. The molecule has 1 aliphatic rings. The number of amides is 1. The highest BCUT2D eigenvalue weighted by molar-refractivity contribution is 9.10. The minimum absolute atomic E-state index is 0.0867. The zero-order valence-electron chi connectivity index (χ0n) is 13.0. The van der Waals surface area contributed by atoms with E-state index in [9.17, 15) is 4.79 Å². The van der Waals surface area contributed by atoms with E-state index in [2.05, 4.69) is 50.6 Å². The maximum absolute atomic E-state index is 12.3. The van der Waals surface area contributed by atoms with Gasteiger partial charge in [0.15, 0.2) is 5.13 Å². The number of aromatic nitrogens is 1. The van der Waals surface area contributed by atoms with Crippen molar-refractivity contribution in [1.29, 1.82) is 0 Å². The lowest BCUT2D eigenvalue weighted by Gasteiger charge is -2.26. The molecule has 0 saturated carbocycles. The maximum atomic E-state index is 12.3. The van der Waals surface area contributed by atoms with Gasteiger partial charge in [-0.3, -0.25) is 4.79 Å². The second-order valence-electron chi connectivity index (χ2n) is 6.00. The smallest absolute Gasteiger partial charge is 0.229 e. The van der Waals surface area contributed by atoms with Crippen molar-refractivity contribution in [2.45, 2.75) is 32.2 Å². The van der Waals surface area contributed by atoms with Crippen LogP contribution in [0, 0.1) is 5.92 Å². The van der Waals surface area contributed by atoms with Gasteiger partial charge in [-0.15, -0.1) is 11.3 Å². The number of piperidine rings is 1. The van der Waals surface area contributed by atoms with E-state index in [4.69, 9.17) is 0 Å². The molecule has 23 heavy (non-hydrogen) atoms. The minimum atomic E-state index is 0.0867. The van der Waals surface area contributed by atoms with Crippen LogP contribution < -0.4 is 10.6 Å². The van der Waals surface area contributed by atoms with E-state index in [-0.39, 0.29) is 11.8 Å². The Balaban J connectivity index is 1.59. The largest absolute Gasteiger partial charge is 0.314 e. The number of anilines is 1. The number of hydrogen-bond donors (Lipinski definition) is 2. The maximum Gasteiger partial charge on any atom is 0.229 e. The Bertz CT molecular complexity index is 688. The molecule has 4 nitrogen and oxygen atoms in total. The Morgan fingerprint density at radius 2 is 2.39 bits per heavy atom. The molecule has 0 unspecified atom stereocenters. The fraction of sp³-hybridized carbons (Fsp3) is 0.412. The van der Waals surface area contributed by atoms with Crippen molar-refractivity contribution in [3.8, 4) is 0 Å². The normalized spacial score (nSPS) is 21.1. The van der Waals surface area contributed by atoms with Gasteiger partial charge in [-0.1, -0.05) is 28.1 Å². The quantitative estimate of drug-likeness (QED) is 0.829. The van der Waals surface area contributed by atoms with Gasteiger partial charge in [-0.2, -0.15) is 0 Å². The highest BCUT2D eigenvalue weighted by Gasteiger charge is 2.25. The Hall–Kier alpha value is -1.24. The summed E-state index contributed by atoms with van der Waals surface area (Å²) in [5, 5.41) is 7.05. The monoisotopic (exact) mass is 393 g/mol. The number of thiazole rings is 1. The third kappa shape index (κ3) is 4.62. The highest BCUT2D eigenvalue weighted by Crippen LogP contribution is 2.24. The number of nitrogens with one attached hydrogen (secondary N) is 2. The number of benzene rings is 1. The molecule has 6 heteroatoms. The molecule has 1 aliphatic heterocycles. The summed E-state index contributed by atoms with van der Waals surface area (Å²) < 4.78 is 1.08. The number of hydrogen-bond acceptors (Lipinski definition) is 4. The second-order valence-corrected chi connectivity index (χ2v) is 8.04. The van der Waals surface area contributed by atoms with Crippen molar-refractivity contribution in [1.82, 2.24) is 10.3 Å². The summed E-state index contributed by atoms with van der Waals surface area (Å²) in [6.45, 7) is 3.03. The van der Waals surface area contributed by atoms with Crippen molar-refractivity contribution in [3.05, 3.63) is 45.4 Å². The minimum Gasteiger partial charge on any atom is -0.314 e. The molecule has 2 atom stereocenters. The standard InChI is InChI=1S/C17H20BrN3OS/c1-11-7-13(5-6-19-11)16(22)21-17-20-10-15(23-17)9-12-3-2-4-14(18)8-12/h2-4,8,10-11,13,19H,5-7,9H2,1H3,(H,20,21,22)/t11-,13-/m1/s1. The van der Waals surface area contributed by atoms with Crippen LogP contribution in [0.15, 0.2) is 34.9 Å². The highest BCUT2D eigenvalue weighted by atomic mass is 79.9. The number of rotatable bonds is 4. The first-order chi connectivity index (χ1) is 11.1. The first-order valence-electron chi connectivity index (χ1n) is 7.83. The van der Waals surface area contributed by atoms with Crippen molar-refractivity contribution >= 4 is 38.3 Å². The van der Waals surface area contributed by atoms with Crippen molar-refractivity contribution in [2.75, 3.05) is 11.9 Å². The van der Waals surface area contributed by atoms with Crippen LogP contribution in [0.2, 0.25) is 0 Å². The van der Waals surface area contributed by atoms with E-state index in [0.717, 1.165) is 35.2 Å². The first kappa shape index (κ1) is 16.6. The van der Waals surface area contributed by atoms with Crippen LogP contribution in [0.3, 0.4) is 0 Å². The van der Waals surface area contributed by atoms with E-state index in [0.29, 0.717) is 11.2 Å². The van der Waals surface area contributed by atoms with E-state index in [1.165, 1.54) is 5.56 Å². The van der Waals surface area contributed by atoms with Crippen LogP contribution >= 0.6 is 27.3 Å². The topological polar surface area (TPSA) is 54.0 Å². The Labute approximate surface area is 148 Å². The van der Waals surface area contributed by atoms with Gasteiger partial charge < -0.3 is 10.6 Å². The molecule has 1 aromatic carbocycles. The van der Waals surface area contributed by atoms with Gasteiger partial charge in [0.25, 0.3) is 0 Å². The first-order valence-corrected chi connectivity index (χ1v) is 9.44. The molecule has 1 aromatic heterocycles. The number of carbonyl (C=O) groups excluding carboxylic acids is 1. The van der Waals surface area contributed by atoms with Gasteiger partial charge in [0.2, 0.25) is 5.91 Å². The van der Waals surface area contributed by atoms with Crippen LogP contribution in [-0.4, -0.2) is 23.5 Å². The summed E-state index contributed by atoms with van der Waals surface area (Å²) >= 11 is 5.04. The van der Waals surface area contributed by atoms with Crippen molar-refractivity contribution < 1.29 is 4.79 Å². The average Bonchev–Trinajstić information content (AvgIpc) is 2.94. The molecule has 1 saturated heterocycles. The third-order valence-electron chi connectivity index (χ3n) is 4.05. The summed E-state index contributed by atoms with van der Waals surface area (Å²) in [5.41, 5.74) is 1.23. The van der Waals surface area contributed by atoms with Gasteiger partial charge in [-0.05, 0) is 44.0 Å². The third-order valence-corrected chi connectivity index (χ3v) is 5.45. The molecule has 0 radical (unpaired) electrons. The van der Waals surface area contributed by atoms with Gasteiger partial charge in [0, 0.05) is 33.9 Å². The lowest BCUT2D eigenvalue weighted by atomic mass is 9.93. The number of carbonyl (C=O) groups is 1. The van der Waals surface area contributed by atoms with E-state index in [1.807, 2.05) is 18.3 Å². The predicted octanol–water partition coefficient (Wildman–Crippen LogP) is 3.82. The molecule has 122 valence electrons. The predicted molar refractivity (Wildman–Crippen MR) is 97.9 cm³/mol.